The first kappa shape index (κ1) is 24.7. The summed E-state index contributed by atoms with van der Waals surface area (Å²) in [4.78, 5) is 9.39. The molecule has 0 saturated heterocycles. The summed E-state index contributed by atoms with van der Waals surface area (Å²) in [5.74, 6) is -0.779. The number of rotatable bonds is 6. The van der Waals surface area contributed by atoms with Gasteiger partial charge in [0.2, 0.25) is 10.0 Å². The highest BCUT2D eigenvalue weighted by molar-refractivity contribution is 7.88. The van der Waals surface area contributed by atoms with Gasteiger partial charge in [-0.25, -0.2) is 31.6 Å². The van der Waals surface area contributed by atoms with Crippen LogP contribution in [0.1, 0.15) is 55.3 Å². The zero-order valence-corrected chi connectivity index (χ0v) is 21.8. The first-order valence-corrected chi connectivity index (χ1v) is 14.0. The lowest BCUT2D eigenvalue weighted by Gasteiger charge is -2.37. The normalized spacial score (nSPS) is 21.6. The molecule has 2 aliphatic rings. The van der Waals surface area contributed by atoms with Crippen molar-refractivity contribution in [2.75, 3.05) is 6.26 Å². The summed E-state index contributed by atoms with van der Waals surface area (Å²) in [6.07, 6.45) is 7.74. The van der Waals surface area contributed by atoms with Crippen molar-refractivity contribution in [3.8, 4) is 17.1 Å². The smallest absolute Gasteiger partial charge is 0.209 e. The van der Waals surface area contributed by atoms with Gasteiger partial charge in [0, 0.05) is 12.4 Å². The van der Waals surface area contributed by atoms with Crippen LogP contribution in [0.25, 0.3) is 17.1 Å². The molecule has 1 N–H and O–H groups in total. The third-order valence-electron chi connectivity index (χ3n) is 8.05. The number of nitrogens with zero attached hydrogens (tertiary/aromatic N) is 6. The largest absolute Gasteiger partial charge is 0.259 e. The molecule has 0 aliphatic heterocycles. The van der Waals surface area contributed by atoms with E-state index in [1.165, 1.54) is 18.2 Å². The van der Waals surface area contributed by atoms with E-state index in [9.17, 15) is 17.2 Å². The number of fused-ring (bicyclic) bond motifs is 5. The highest BCUT2D eigenvalue weighted by Gasteiger charge is 2.65. The molecule has 1 saturated carbocycles. The third-order valence-corrected chi connectivity index (χ3v) is 8.72. The standard InChI is InChI=1S/C26H25F2N7O2S/c1-25(2)17-7-9-26(25,24-16(17)11-20(32-33-24)23-18(27)5-4-6-19(23)28)21-13-29-14-22(31-21)35-10-8-15(34-35)12-30-38(3,36)37/h4-6,8,10-11,13-14,17,30H,7,9,12H2,1-3H3/t17-,26-/m0/s1. The minimum absolute atomic E-state index is 0.0610. The highest BCUT2D eigenvalue weighted by Crippen LogP contribution is 2.69. The molecule has 0 unspecified atom stereocenters. The van der Waals surface area contributed by atoms with Gasteiger partial charge in [-0.15, -0.1) is 5.10 Å². The lowest BCUT2D eigenvalue weighted by Crippen LogP contribution is -2.38. The summed E-state index contributed by atoms with van der Waals surface area (Å²) in [5.41, 5.74) is 2.02. The van der Waals surface area contributed by atoms with Gasteiger partial charge < -0.3 is 0 Å². The molecule has 2 atom stereocenters. The maximum Gasteiger partial charge on any atom is 0.209 e. The Morgan fingerprint density at radius 3 is 2.63 bits per heavy atom. The number of aromatic nitrogens is 6. The Hall–Kier alpha value is -3.64. The molecular formula is C26H25F2N7O2S. The summed E-state index contributed by atoms with van der Waals surface area (Å²) in [6, 6.07) is 7.22. The average molecular weight is 538 g/mol. The van der Waals surface area contributed by atoms with Crippen LogP contribution in [0.4, 0.5) is 8.78 Å². The zero-order chi connectivity index (χ0) is 26.9. The van der Waals surface area contributed by atoms with E-state index in [1.54, 1.807) is 35.4 Å². The van der Waals surface area contributed by atoms with E-state index in [4.69, 9.17) is 4.98 Å². The SMILES string of the molecule is CC1(C)[C@H]2CC[C@]1(c1cncc(-n3ccc(CNS(C)(=O)=O)n3)n1)c1nnc(-c3c(F)cccc3F)cc12. The van der Waals surface area contributed by atoms with Gasteiger partial charge in [0.05, 0.1) is 52.8 Å². The molecule has 2 aliphatic carbocycles. The average Bonchev–Trinajstić information content (AvgIpc) is 3.50. The van der Waals surface area contributed by atoms with Crippen LogP contribution in [0.3, 0.4) is 0 Å². The zero-order valence-electron chi connectivity index (χ0n) is 21.0. The lowest BCUT2D eigenvalue weighted by atomic mass is 9.66. The van der Waals surface area contributed by atoms with Crippen molar-refractivity contribution < 1.29 is 17.2 Å². The summed E-state index contributed by atoms with van der Waals surface area (Å²) in [6.45, 7) is 4.38. The molecule has 196 valence electrons. The highest BCUT2D eigenvalue weighted by atomic mass is 32.2. The van der Waals surface area contributed by atoms with Crippen molar-refractivity contribution in [1.82, 2.24) is 34.7 Å². The molecule has 0 spiro atoms. The second-order valence-electron chi connectivity index (χ2n) is 10.5. The molecule has 6 rings (SSSR count). The van der Waals surface area contributed by atoms with Crippen LogP contribution in [-0.2, 0) is 22.0 Å². The van der Waals surface area contributed by atoms with Gasteiger partial charge in [0.1, 0.15) is 11.6 Å². The maximum atomic E-state index is 14.5. The van der Waals surface area contributed by atoms with Crippen molar-refractivity contribution in [1.29, 1.82) is 0 Å². The summed E-state index contributed by atoms with van der Waals surface area (Å²) in [7, 11) is -3.35. The topological polar surface area (TPSA) is 116 Å². The van der Waals surface area contributed by atoms with Crippen LogP contribution in [0.2, 0.25) is 0 Å². The minimum atomic E-state index is -3.35. The van der Waals surface area contributed by atoms with E-state index in [-0.39, 0.29) is 29.1 Å². The molecule has 1 fully saturated rings. The summed E-state index contributed by atoms with van der Waals surface area (Å²) < 4.78 is 55.9. The fourth-order valence-corrected chi connectivity index (χ4v) is 6.63. The van der Waals surface area contributed by atoms with Crippen LogP contribution >= 0.6 is 0 Å². The van der Waals surface area contributed by atoms with Gasteiger partial charge in [-0.2, -0.15) is 10.2 Å². The van der Waals surface area contributed by atoms with Gasteiger partial charge in [-0.3, -0.25) is 4.98 Å². The molecule has 38 heavy (non-hydrogen) atoms. The molecule has 3 aromatic heterocycles. The predicted octanol–water partition coefficient (Wildman–Crippen LogP) is 3.65. The Morgan fingerprint density at radius 2 is 1.89 bits per heavy atom. The fourth-order valence-electron chi connectivity index (χ4n) is 6.22. The number of halogens is 2. The number of hydrogen-bond acceptors (Lipinski definition) is 7. The van der Waals surface area contributed by atoms with E-state index >= 15 is 0 Å². The van der Waals surface area contributed by atoms with E-state index in [0.717, 1.165) is 30.4 Å². The molecule has 3 heterocycles. The number of hydrogen-bond donors (Lipinski definition) is 1. The Balaban J connectivity index is 1.41. The van der Waals surface area contributed by atoms with Gasteiger partial charge in [0.15, 0.2) is 5.82 Å². The summed E-state index contributed by atoms with van der Waals surface area (Å²) >= 11 is 0. The Bertz CT molecular complexity index is 1670. The van der Waals surface area contributed by atoms with Gasteiger partial charge in [-0.05, 0) is 54.0 Å². The Morgan fingerprint density at radius 1 is 1.13 bits per heavy atom. The molecule has 12 heteroatoms. The van der Waals surface area contributed by atoms with Crippen molar-refractivity contribution >= 4 is 10.0 Å². The monoisotopic (exact) mass is 537 g/mol. The van der Waals surface area contributed by atoms with Crippen LogP contribution in [0, 0.1) is 17.0 Å². The second kappa shape index (κ2) is 8.43. The Labute approximate surface area is 218 Å². The number of nitrogens with one attached hydrogen (secondary N) is 1. The van der Waals surface area contributed by atoms with Crippen LogP contribution < -0.4 is 4.72 Å². The third kappa shape index (κ3) is 3.65. The van der Waals surface area contributed by atoms with Gasteiger partial charge in [0.25, 0.3) is 0 Å². The van der Waals surface area contributed by atoms with Crippen molar-refractivity contribution in [3.05, 3.63) is 83.2 Å². The number of benzene rings is 1. The predicted molar refractivity (Wildman–Crippen MR) is 135 cm³/mol. The molecule has 4 aromatic rings. The first-order chi connectivity index (χ1) is 18.0. The fraction of sp³-hybridized carbons (Fsp3) is 0.346. The maximum absolute atomic E-state index is 14.5. The van der Waals surface area contributed by atoms with E-state index in [0.29, 0.717) is 17.2 Å². The molecule has 1 aromatic carbocycles. The summed E-state index contributed by atoms with van der Waals surface area (Å²) in [5, 5.41) is 13.3. The Kier molecular flexibility index (Phi) is 5.48. The molecule has 0 amide bonds. The quantitative estimate of drug-likeness (QED) is 0.399. The van der Waals surface area contributed by atoms with E-state index in [1.807, 2.05) is 0 Å². The van der Waals surface area contributed by atoms with Crippen LogP contribution in [-0.4, -0.2) is 44.6 Å². The first-order valence-electron chi connectivity index (χ1n) is 12.2. The van der Waals surface area contributed by atoms with Crippen molar-refractivity contribution in [3.63, 3.8) is 0 Å². The van der Waals surface area contributed by atoms with Crippen LogP contribution in [0.15, 0.2) is 48.9 Å². The van der Waals surface area contributed by atoms with Crippen molar-refractivity contribution in [2.45, 2.75) is 44.6 Å². The minimum Gasteiger partial charge on any atom is -0.259 e. The molecular weight excluding hydrogens is 512 g/mol. The van der Waals surface area contributed by atoms with Gasteiger partial charge in [-0.1, -0.05) is 19.9 Å². The second-order valence-corrected chi connectivity index (χ2v) is 12.3. The lowest BCUT2D eigenvalue weighted by molar-refractivity contribution is 0.242. The van der Waals surface area contributed by atoms with Crippen molar-refractivity contribution in [2.24, 2.45) is 5.41 Å². The molecule has 2 bridgehead atoms. The number of sulfonamides is 1. The molecule has 9 nitrogen and oxygen atoms in total. The van der Waals surface area contributed by atoms with E-state index < -0.39 is 27.1 Å². The van der Waals surface area contributed by atoms with E-state index in [2.05, 4.69) is 38.8 Å². The van der Waals surface area contributed by atoms with Crippen LogP contribution in [0.5, 0.6) is 0 Å². The molecule has 0 radical (unpaired) electrons. The van der Waals surface area contributed by atoms with Gasteiger partial charge >= 0.3 is 0 Å².